The average Bonchev–Trinajstić information content (AvgIpc) is 3.33. The predicted octanol–water partition coefficient (Wildman–Crippen LogP) is 8.15. The molecule has 4 aromatic rings. The molecule has 0 radical (unpaired) electrons. The van der Waals surface area contributed by atoms with Crippen LogP contribution in [0, 0.1) is 13.8 Å². The molecule has 2 heterocycles. The van der Waals surface area contributed by atoms with Gasteiger partial charge in [0.25, 0.3) is 11.8 Å². The van der Waals surface area contributed by atoms with Gasteiger partial charge in [-0.3, -0.25) is 9.59 Å². The Morgan fingerprint density at radius 2 is 1.09 bits per heavy atom. The van der Waals surface area contributed by atoms with Crippen molar-refractivity contribution < 1.29 is 9.59 Å². The Morgan fingerprint density at radius 3 is 1.51 bits per heavy atom. The minimum Gasteiger partial charge on any atom is -0.351 e. The van der Waals surface area contributed by atoms with E-state index in [1.807, 2.05) is 38.1 Å². The molecular weight excluding hydrogens is 519 g/mol. The van der Waals surface area contributed by atoms with E-state index in [1.165, 1.54) is 22.7 Å². The average molecular weight is 548 g/mol. The molecule has 2 amide bonds. The Balaban J connectivity index is 1.12. The number of aryl methyl sites for hydroxylation is 2. The number of unbranched alkanes of at least 4 members (excludes halogenated alkanes) is 4. The van der Waals surface area contributed by atoms with Crippen LogP contribution in [-0.4, -0.2) is 24.9 Å². The SMILES string of the molecule is Cc1ccc2c(Cl)c(C(=O)NCCCCCCCNC(=O)c3sc4cc(C)ccc4c3Cl)sc2c1. The highest BCUT2D eigenvalue weighted by atomic mass is 35.5. The van der Waals surface area contributed by atoms with Crippen molar-refractivity contribution in [3.63, 3.8) is 0 Å². The first-order valence-electron chi connectivity index (χ1n) is 11.8. The molecule has 2 N–H and O–H groups in total. The molecular formula is C27H28Cl2N2O2S2. The van der Waals surface area contributed by atoms with Gasteiger partial charge in [-0.15, -0.1) is 22.7 Å². The van der Waals surface area contributed by atoms with Gasteiger partial charge >= 0.3 is 0 Å². The molecule has 35 heavy (non-hydrogen) atoms. The van der Waals surface area contributed by atoms with Crippen LogP contribution in [0.15, 0.2) is 36.4 Å². The van der Waals surface area contributed by atoms with E-state index in [4.69, 9.17) is 23.2 Å². The summed E-state index contributed by atoms with van der Waals surface area (Å²) in [6.07, 6.45) is 4.93. The highest BCUT2D eigenvalue weighted by molar-refractivity contribution is 7.22. The number of amides is 2. The summed E-state index contributed by atoms with van der Waals surface area (Å²) in [6.45, 7) is 5.32. The van der Waals surface area contributed by atoms with Crippen molar-refractivity contribution in [2.75, 3.05) is 13.1 Å². The fraction of sp³-hybridized carbons (Fsp3) is 0.333. The maximum Gasteiger partial charge on any atom is 0.262 e. The number of halogens is 2. The van der Waals surface area contributed by atoms with Crippen molar-refractivity contribution in [2.45, 2.75) is 46.0 Å². The van der Waals surface area contributed by atoms with Gasteiger partial charge in [0.15, 0.2) is 0 Å². The van der Waals surface area contributed by atoms with E-state index in [0.29, 0.717) is 32.9 Å². The molecule has 0 aliphatic rings. The van der Waals surface area contributed by atoms with Gasteiger partial charge in [0.2, 0.25) is 0 Å². The number of benzene rings is 2. The molecule has 0 bridgehead atoms. The van der Waals surface area contributed by atoms with E-state index >= 15 is 0 Å². The standard InChI is InChI=1S/C27H28Cl2N2O2S2/c1-16-8-10-18-20(14-16)34-24(22(18)28)26(32)30-12-6-4-3-5-7-13-31-27(33)25-23(29)19-11-9-17(2)15-21(19)35-25/h8-11,14-15H,3-7,12-13H2,1-2H3,(H,30,32)(H,31,33). The summed E-state index contributed by atoms with van der Waals surface area (Å²) in [5.41, 5.74) is 2.31. The Bertz CT molecular complexity index is 1270. The van der Waals surface area contributed by atoms with Crippen LogP contribution in [0.1, 0.15) is 62.6 Å². The molecule has 0 spiro atoms. The predicted molar refractivity (Wildman–Crippen MR) is 151 cm³/mol. The molecule has 8 heteroatoms. The van der Waals surface area contributed by atoms with Crippen molar-refractivity contribution in [1.82, 2.24) is 10.6 Å². The first-order valence-corrected chi connectivity index (χ1v) is 14.2. The van der Waals surface area contributed by atoms with E-state index in [9.17, 15) is 9.59 Å². The fourth-order valence-electron chi connectivity index (χ4n) is 3.98. The van der Waals surface area contributed by atoms with Gasteiger partial charge in [-0.05, 0) is 49.9 Å². The van der Waals surface area contributed by atoms with Gasteiger partial charge in [0.1, 0.15) is 9.75 Å². The van der Waals surface area contributed by atoms with Crippen LogP contribution in [0.3, 0.4) is 0 Å². The molecule has 184 valence electrons. The largest absolute Gasteiger partial charge is 0.351 e. The molecule has 0 aliphatic heterocycles. The molecule has 4 nitrogen and oxygen atoms in total. The summed E-state index contributed by atoms with van der Waals surface area (Å²) in [5, 5.41) is 8.92. The number of rotatable bonds is 10. The van der Waals surface area contributed by atoms with Crippen molar-refractivity contribution in [1.29, 1.82) is 0 Å². The Morgan fingerprint density at radius 1 is 0.686 bits per heavy atom. The lowest BCUT2D eigenvalue weighted by Gasteiger charge is -2.06. The third kappa shape index (κ3) is 6.18. The number of hydrogen-bond acceptors (Lipinski definition) is 4. The Hall–Kier alpha value is -2.12. The van der Waals surface area contributed by atoms with Gasteiger partial charge in [-0.2, -0.15) is 0 Å². The number of nitrogens with one attached hydrogen (secondary N) is 2. The van der Waals surface area contributed by atoms with E-state index < -0.39 is 0 Å². The number of fused-ring (bicyclic) bond motifs is 2. The summed E-state index contributed by atoms with van der Waals surface area (Å²) < 4.78 is 2.08. The van der Waals surface area contributed by atoms with E-state index in [-0.39, 0.29) is 11.8 Å². The first kappa shape index (κ1) is 26.0. The second kappa shape index (κ2) is 11.7. The maximum absolute atomic E-state index is 12.5. The Labute approximate surface area is 223 Å². The van der Waals surface area contributed by atoms with E-state index in [0.717, 1.165) is 63.4 Å². The van der Waals surface area contributed by atoms with Crippen molar-refractivity contribution >= 4 is 77.9 Å². The van der Waals surface area contributed by atoms with Crippen LogP contribution >= 0.6 is 45.9 Å². The molecule has 0 aliphatic carbocycles. The molecule has 0 saturated carbocycles. The van der Waals surface area contributed by atoms with Crippen LogP contribution in [-0.2, 0) is 0 Å². The molecule has 2 aromatic heterocycles. The minimum absolute atomic E-state index is 0.105. The molecule has 0 atom stereocenters. The topological polar surface area (TPSA) is 58.2 Å². The highest BCUT2D eigenvalue weighted by Crippen LogP contribution is 2.36. The van der Waals surface area contributed by atoms with Crippen LogP contribution < -0.4 is 10.6 Å². The minimum atomic E-state index is -0.105. The smallest absolute Gasteiger partial charge is 0.262 e. The number of carbonyl (C=O) groups excluding carboxylic acids is 2. The third-order valence-electron chi connectivity index (χ3n) is 5.91. The van der Waals surface area contributed by atoms with Crippen molar-refractivity contribution in [3.8, 4) is 0 Å². The fourth-order valence-corrected chi connectivity index (χ4v) is 7.04. The number of hydrogen-bond donors (Lipinski definition) is 2. The normalized spacial score (nSPS) is 11.3. The van der Waals surface area contributed by atoms with Crippen molar-refractivity contribution in [3.05, 3.63) is 67.3 Å². The monoisotopic (exact) mass is 546 g/mol. The van der Waals surface area contributed by atoms with Gasteiger partial charge in [-0.1, -0.05) is 66.7 Å². The molecule has 0 fully saturated rings. The number of thiophene rings is 2. The molecule has 2 aromatic carbocycles. The van der Waals surface area contributed by atoms with E-state index in [1.54, 1.807) is 0 Å². The zero-order valence-corrected chi connectivity index (χ0v) is 22.9. The summed E-state index contributed by atoms with van der Waals surface area (Å²) in [4.78, 5) is 26.2. The maximum atomic E-state index is 12.5. The molecule has 4 rings (SSSR count). The van der Waals surface area contributed by atoms with E-state index in [2.05, 4.69) is 22.8 Å². The molecule has 0 unspecified atom stereocenters. The highest BCUT2D eigenvalue weighted by Gasteiger charge is 2.18. The summed E-state index contributed by atoms with van der Waals surface area (Å²) in [6, 6.07) is 12.1. The summed E-state index contributed by atoms with van der Waals surface area (Å²) >= 11 is 15.7. The summed E-state index contributed by atoms with van der Waals surface area (Å²) in [7, 11) is 0. The zero-order chi connectivity index (χ0) is 24.9. The zero-order valence-electron chi connectivity index (χ0n) is 19.8. The van der Waals surface area contributed by atoms with Crippen LogP contribution in [0.25, 0.3) is 20.2 Å². The van der Waals surface area contributed by atoms with Gasteiger partial charge in [-0.25, -0.2) is 0 Å². The second-order valence-electron chi connectivity index (χ2n) is 8.77. The lowest BCUT2D eigenvalue weighted by atomic mass is 10.1. The first-order chi connectivity index (χ1) is 16.8. The van der Waals surface area contributed by atoms with Gasteiger partial charge < -0.3 is 10.6 Å². The van der Waals surface area contributed by atoms with Crippen LogP contribution in [0.5, 0.6) is 0 Å². The lowest BCUT2D eigenvalue weighted by Crippen LogP contribution is -2.24. The van der Waals surface area contributed by atoms with Crippen molar-refractivity contribution in [2.24, 2.45) is 0 Å². The summed E-state index contributed by atoms with van der Waals surface area (Å²) in [5.74, 6) is -0.210. The van der Waals surface area contributed by atoms with Gasteiger partial charge in [0.05, 0.1) is 10.0 Å². The Kier molecular flexibility index (Phi) is 8.71. The van der Waals surface area contributed by atoms with Crippen LogP contribution in [0.2, 0.25) is 10.0 Å². The second-order valence-corrected chi connectivity index (χ2v) is 11.6. The molecule has 0 saturated heterocycles. The quantitative estimate of drug-likeness (QED) is 0.197. The van der Waals surface area contributed by atoms with Crippen LogP contribution in [0.4, 0.5) is 0 Å². The van der Waals surface area contributed by atoms with Gasteiger partial charge in [0, 0.05) is 33.3 Å². The number of carbonyl (C=O) groups is 2. The third-order valence-corrected chi connectivity index (χ3v) is 9.22. The lowest BCUT2D eigenvalue weighted by molar-refractivity contribution is 0.0949.